The molecule has 1 unspecified atom stereocenters. The molecule has 0 radical (unpaired) electrons. The lowest BCUT2D eigenvalue weighted by molar-refractivity contribution is 0.594. The molecule has 2 nitrogen and oxygen atoms in total. The minimum Gasteiger partial charge on any atom is -0.306 e. The Balaban J connectivity index is 2.38. The summed E-state index contributed by atoms with van der Waals surface area (Å²) in [6.45, 7) is 9.55. The van der Waals surface area contributed by atoms with Gasteiger partial charge in [-0.2, -0.15) is 0 Å². The molecule has 0 aliphatic heterocycles. The van der Waals surface area contributed by atoms with E-state index in [9.17, 15) is 0 Å². The molecule has 2 rings (SSSR count). The van der Waals surface area contributed by atoms with E-state index in [4.69, 9.17) is 0 Å². The molecule has 1 atom stereocenters. The van der Waals surface area contributed by atoms with E-state index in [1.165, 1.54) is 22.3 Å². The van der Waals surface area contributed by atoms with Crippen LogP contribution in [0.4, 0.5) is 0 Å². The molecule has 1 N–H and O–H groups in total. The topological polar surface area (TPSA) is 24.9 Å². The number of hydrogen-bond donors (Lipinski definition) is 1. The maximum atomic E-state index is 4.44. The van der Waals surface area contributed by atoms with Gasteiger partial charge in [-0.25, -0.2) is 0 Å². The van der Waals surface area contributed by atoms with Crippen molar-refractivity contribution in [3.63, 3.8) is 0 Å². The molecule has 2 heteroatoms. The summed E-state index contributed by atoms with van der Waals surface area (Å²) in [6.07, 6.45) is 3.11. The number of rotatable bonds is 5. The molecule has 0 spiro atoms. The van der Waals surface area contributed by atoms with E-state index < -0.39 is 0 Å². The average Bonchev–Trinajstić information content (AvgIpc) is 2.42. The SMILES string of the molecule is CCCNC(c1ccc(C)nc1)c1ccc(C)cc1C. The highest BCUT2D eigenvalue weighted by Crippen LogP contribution is 2.25. The van der Waals surface area contributed by atoms with Gasteiger partial charge in [-0.1, -0.05) is 36.8 Å². The van der Waals surface area contributed by atoms with Gasteiger partial charge in [-0.15, -0.1) is 0 Å². The molecule has 0 saturated heterocycles. The third-order valence-electron chi connectivity index (χ3n) is 3.60. The third kappa shape index (κ3) is 3.45. The van der Waals surface area contributed by atoms with Gasteiger partial charge in [-0.3, -0.25) is 4.98 Å². The number of nitrogens with one attached hydrogen (secondary N) is 1. The summed E-state index contributed by atoms with van der Waals surface area (Å²) in [5, 5.41) is 3.64. The van der Waals surface area contributed by atoms with Crippen molar-refractivity contribution in [2.75, 3.05) is 6.54 Å². The Labute approximate surface area is 122 Å². The Morgan fingerprint density at radius 1 is 1.10 bits per heavy atom. The number of aryl methyl sites for hydroxylation is 3. The summed E-state index contributed by atoms with van der Waals surface area (Å²) in [4.78, 5) is 4.44. The minimum atomic E-state index is 0.226. The molecule has 1 aromatic heterocycles. The molecule has 1 aromatic carbocycles. The first-order valence-corrected chi connectivity index (χ1v) is 7.35. The zero-order valence-corrected chi connectivity index (χ0v) is 12.9. The monoisotopic (exact) mass is 268 g/mol. The average molecular weight is 268 g/mol. The van der Waals surface area contributed by atoms with E-state index in [1.54, 1.807) is 0 Å². The quantitative estimate of drug-likeness (QED) is 0.883. The standard InChI is InChI=1S/C18H24N2/c1-5-10-19-18(16-8-7-15(4)20-12-16)17-9-6-13(2)11-14(17)3/h6-9,11-12,18-19H,5,10H2,1-4H3. The van der Waals surface area contributed by atoms with Gasteiger partial charge in [0.05, 0.1) is 6.04 Å². The van der Waals surface area contributed by atoms with E-state index in [2.05, 4.69) is 61.4 Å². The van der Waals surface area contributed by atoms with Crippen LogP contribution in [0.1, 0.15) is 47.3 Å². The number of aromatic nitrogens is 1. The van der Waals surface area contributed by atoms with Crippen LogP contribution in [0.5, 0.6) is 0 Å². The molecule has 0 saturated carbocycles. The van der Waals surface area contributed by atoms with Crippen molar-refractivity contribution in [2.45, 2.75) is 40.2 Å². The minimum absolute atomic E-state index is 0.226. The zero-order chi connectivity index (χ0) is 14.5. The molecule has 0 fully saturated rings. The molecule has 0 aliphatic carbocycles. The number of nitrogens with zero attached hydrogens (tertiary/aromatic N) is 1. The highest BCUT2D eigenvalue weighted by molar-refractivity contribution is 5.38. The molecular weight excluding hydrogens is 244 g/mol. The van der Waals surface area contributed by atoms with Crippen LogP contribution in [0.25, 0.3) is 0 Å². The van der Waals surface area contributed by atoms with Gasteiger partial charge in [0.1, 0.15) is 0 Å². The fourth-order valence-electron chi connectivity index (χ4n) is 2.50. The molecule has 0 amide bonds. The van der Waals surface area contributed by atoms with E-state index in [1.807, 2.05) is 13.1 Å². The first kappa shape index (κ1) is 14.7. The van der Waals surface area contributed by atoms with Gasteiger partial charge in [0.25, 0.3) is 0 Å². The van der Waals surface area contributed by atoms with Crippen molar-refractivity contribution < 1.29 is 0 Å². The summed E-state index contributed by atoms with van der Waals surface area (Å²) in [5.41, 5.74) is 6.27. The first-order valence-electron chi connectivity index (χ1n) is 7.35. The van der Waals surface area contributed by atoms with Gasteiger partial charge >= 0.3 is 0 Å². The number of hydrogen-bond acceptors (Lipinski definition) is 2. The van der Waals surface area contributed by atoms with Gasteiger partial charge in [0, 0.05) is 11.9 Å². The lowest BCUT2D eigenvalue weighted by Gasteiger charge is -2.21. The van der Waals surface area contributed by atoms with E-state index in [0.717, 1.165) is 18.7 Å². The van der Waals surface area contributed by atoms with Crippen LogP contribution < -0.4 is 5.32 Å². The maximum absolute atomic E-state index is 4.44. The smallest absolute Gasteiger partial charge is 0.0594 e. The number of pyridine rings is 1. The molecular formula is C18H24N2. The van der Waals surface area contributed by atoms with E-state index in [0.29, 0.717) is 0 Å². The Kier molecular flexibility index (Phi) is 4.91. The molecule has 0 bridgehead atoms. The Hall–Kier alpha value is -1.67. The molecule has 1 heterocycles. The van der Waals surface area contributed by atoms with Gasteiger partial charge < -0.3 is 5.32 Å². The summed E-state index contributed by atoms with van der Waals surface area (Å²) in [5.74, 6) is 0. The predicted octanol–water partition coefficient (Wildman–Crippen LogP) is 4.10. The third-order valence-corrected chi connectivity index (χ3v) is 3.60. The lowest BCUT2D eigenvalue weighted by Crippen LogP contribution is -2.24. The van der Waals surface area contributed by atoms with Gasteiger partial charge in [0.15, 0.2) is 0 Å². The highest BCUT2D eigenvalue weighted by Gasteiger charge is 2.15. The first-order chi connectivity index (χ1) is 9.61. The second-order valence-electron chi connectivity index (χ2n) is 5.48. The second kappa shape index (κ2) is 6.67. The summed E-state index contributed by atoms with van der Waals surface area (Å²) < 4.78 is 0. The van der Waals surface area contributed by atoms with Crippen LogP contribution in [0, 0.1) is 20.8 Å². The van der Waals surface area contributed by atoms with Crippen LogP contribution >= 0.6 is 0 Å². The fourth-order valence-corrected chi connectivity index (χ4v) is 2.50. The van der Waals surface area contributed by atoms with Crippen molar-refractivity contribution in [2.24, 2.45) is 0 Å². The van der Waals surface area contributed by atoms with Crippen LogP contribution in [0.2, 0.25) is 0 Å². The van der Waals surface area contributed by atoms with Crippen LogP contribution in [0.3, 0.4) is 0 Å². The zero-order valence-electron chi connectivity index (χ0n) is 12.9. The lowest BCUT2D eigenvalue weighted by atomic mass is 9.94. The van der Waals surface area contributed by atoms with Crippen molar-refractivity contribution in [1.82, 2.24) is 10.3 Å². The Morgan fingerprint density at radius 2 is 1.90 bits per heavy atom. The molecule has 0 aliphatic rings. The van der Waals surface area contributed by atoms with Crippen LogP contribution in [-0.4, -0.2) is 11.5 Å². The number of benzene rings is 1. The normalized spacial score (nSPS) is 12.4. The van der Waals surface area contributed by atoms with Crippen molar-refractivity contribution in [3.8, 4) is 0 Å². The molecule has 106 valence electrons. The Morgan fingerprint density at radius 3 is 2.50 bits per heavy atom. The second-order valence-corrected chi connectivity index (χ2v) is 5.48. The van der Waals surface area contributed by atoms with E-state index in [-0.39, 0.29) is 6.04 Å². The van der Waals surface area contributed by atoms with Gasteiger partial charge in [0.2, 0.25) is 0 Å². The van der Waals surface area contributed by atoms with Crippen molar-refractivity contribution in [3.05, 3.63) is 64.5 Å². The maximum Gasteiger partial charge on any atom is 0.0594 e. The summed E-state index contributed by atoms with van der Waals surface area (Å²) >= 11 is 0. The largest absolute Gasteiger partial charge is 0.306 e. The predicted molar refractivity (Wildman–Crippen MR) is 85.0 cm³/mol. The van der Waals surface area contributed by atoms with Gasteiger partial charge in [-0.05, 0) is 56.5 Å². The Bertz CT molecular complexity index is 558. The van der Waals surface area contributed by atoms with E-state index >= 15 is 0 Å². The van der Waals surface area contributed by atoms with Crippen molar-refractivity contribution >= 4 is 0 Å². The summed E-state index contributed by atoms with van der Waals surface area (Å²) in [7, 11) is 0. The highest BCUT2D eigenvalue weighted by atomic mass is 14.9. The van der Waals surface area contributed by atoms with Crippen molar-refractivity contribution in [1.29, 1.82) is 0 Å². The fraction of sp³-hybridized carbons (Fsp3) is 0.389. The van der Waals surface area contributed by atoms with Crippen LogP contribution in [0.15, 0.2) is 36.5 Å². The summed E-state index contributed by atoms with van der Waals surface area (Å²) in [6, 6.07) is 11.2. The van der Waals surface area contributed by atoms with Crippen LogP contribution in [-0.2, 0) is 0 Å². The molecule has 20 heavy (non-hydrogen) atoms. The molecule has 2 aromatic rings.